The average molecular weight is 566 g/mol. The molecule has 41 heavy (non-hydrogen) atoms. The van der Waals surface area contributed by atoms with Crippen molar-refractivity contribution in [3.63, 3.8) is 0 Å². The smallest absolute Gasteiger partial charge is 0.195 e. The number of benzene rings is 2. The van der Waals surface area contributed by atoms with Crippen molar-refractivity contribution in [3.8, 4) is 5.75 Å². The lowest BCUT2D eigenvalue weighted by Gasteiger charge is -2.24. The predicted molar refractivity (Wildman–Crippen MR) is 149 cm³/mol. The fourth-order valence-corrected chi connectivity index (χ4v) is 5.15. The molecule has 1 aromatic heterocycles. The van der Waals surface area contributed by atoms with Crippen molar-refractivity contribution in [2.75, 3.05) is 44.8 Å². The number of hydrogen-bond acceptors (Lipinski definition) is 9. The second kappa shape index (κ2) is 11.4. The standard InChI is InChI=1S/C30H33F2N5O4/c1-18-10-20(2-3-22(18)31)36-29-21-11-19(26(13-24(21)34-17-35-29)41-16-30(33)5-6-30)12-25(38)23(32)4-7-37-14-27-28(15-37)40-9-8-39-27/h2-4,10-11,13,17,27-28H,5-9,12,14-16,33H2,1H3,(H,34,35,36)/b23-4+/t27-,28+. The summed E-state index contributed by atoms with van der Waals surface area (Å²) in [4.78, 5) is 23.8. The van der Waals surface area contributed by atoms with Crippen LogP contribution in [0.5, 0.6) is 5.75 Å². The van der Waals surface area contributed by atoms with Crippen LogP contribution in [0.25, 0.3) is 10.9 Å². The van der Waals surface area contributed by atoms with E-state index in [-0.39, 0.29) is 43.1 Å². The summed E-state index contributed by atoms with van der Waals surface area (Å²) in [7, 11) is 0. The lowest BCUT2D eigenvalue weighted by Crippen LogP contribution is -2.36. The molecule has 2 atom stereocenters. The van der Waals surface area contributed by atoms with Gasteiger partial charge < -0.3 is 25.3 Å². The number of halogens is 2. The van der Waals surface area contributed by atoms with Crippen LogP contribution >= 0.6 is 0 Å². The molecule has 0 amide bonds. The summed E-state index contributed by atoms with van der Waals surface area (Å²) in [6.07, 6.45) is 4.18. The maximum absolute atomic E-state index is 15.1. The number of carbonyl (C=O) groups is 1. The van der Waals surface area contributed by atoms with Crippen molar-refractivity contribution in [2.45, 2.75) is 43.9 Å². The number of nitrogens with zero attached hydrogens (tertiary/aromatic N) is 3. The average Bonchev–Trinajstić information content (AvgIpc) is 3.55. The number of rotatable bonds is 10. The van der Waals surface area contributed by atoms with Crippen molar-refractivity contribution in [3.05, 3.63) is 65.5 Å². The molecule has 0 radical (unpaired) electrons. The molecule has 0 bridgehead atoms. The first-order valence-electron chi connectivity index (χ1n) is 13.8. The Labute approximate surface area is 236 Å². The van der Waals surface area contributed by atoms with Gasteiger partial charge in [0.25, 0.3) is 0 Å². The highest BCUT2D eigenvalue weighted by molar-refractivity contribution is 5.97. The maximum atomic E-state index is 15.1. The number of nitrogens with two attached hydrogens (primary N) is 1. The van der Waals surface area contributed by atoms with E-state index >= 15 is 4.39 Å². The van der Waals surface area contributed by atoms with Crippen LogP contribution in [0.4, 0.5) is 20.3 Å². The van der Waals surface area contributed by atoms with Crippen LogP contribution < -0.4 is 15.8 Å². The largest absolute Gasteiger partial charge is 0.491 e. The van der Waals surface area contributed by atoms with Crippen LogP contribution in [0.2, 0.25) is 0 Å². The molecule has 3 fully saturated rings. The number of anilines is 2. The molecule has 3 aromatic rings. The van der Waals surface area contributed by atoms with Gasteiger partial charge >= 0.3 is 0 Å². The molecule has 1 aliphatic carbocycles. The fourth-order valence-electron chi connectivity index (χ4n) is 5.15. The van der Waals surface area contributed by atoms with Crippen LogP contribution in [-0.4, -0.2) is 77.9 Å². The van der Waals surface area contributed by atoms with E-state index in [1.54, 1.807) is 31.2 Å². The molecule has 2 aromatic carbocycles. The number of likely N-dealkylation sites (tertiary alicyclic amines) is 1. The highest BCUT2D eigenvalue weighted by atomic mass is 19.1. The van der Waals surface area contributed by atoms with Gasteiger partial charge in [0.15, 0.2) is 11.6 Å². The minimum atomic E-state index is -0.810. The van der Waals surface area contributed by atoms with Crippen molar-refractivity contribution in [2.24, 2.45) is 5.73 Å². The quantitative estimate of drug-likeness (QED) is 0.355. The second-order valence-corrected chi connectivity index (χ2v) is 11.1. The number of aryl methyl sites for hydroxylation is 1. The maximum Gasteiger partial charge on any atom is 0.195 e. The molecular formula is C30H33F2N5O4. The Morgan fingerprint density at radius 2 is 1.95 bits per heavy atom. The molecule has 9 nitrogen and oxygen atoms in total. The Bertz CT molecular complexity index is 1480. The van der Waals surface area contributed by atoms with Gasteiger partial charge in [-0.15, -0.1) is 0 Å². The molecule has 216 valence electrons. The Kier molecular flexibility index (Phi) is 7.69. The molecule has 6 rings (SSSR count). The number of nitrogens with one attached hydrogen (secondary N) is 1. The monoisotopic (exact) mass is 565 g/mol. The third-order valence-corrected chi connectivity index (χ3v) is 7.83. The normalized spacial score (nSPS) is 22.0. The molecule has 2 aliphatic heterocycles. The van der Waals surface area contributed by atoms with Gasteiger partial charge in [0.1, 0.15) is 30.3 Å². The molecular weight excluding hydrogens is 532 g/mol. The zero-order valence-corrected chi connectivity index (χ0v) is 22.9. The summed E-state index contributed by atoms with van der Waals surface area (Å²) < 4.78 is 46.4. The zero-order valence-electron chi connectivity index (χ0n) is 22.9. The topological polar surface area (TPSA) is 112 Å². The van der Waals surface area contributed by atoms with Gasteiger partial charge in [-0.3, -0.25) is 9.69 Å². The van der Waals surface area contributed by atoms with Gasteiger partial charge in [-0.1, -0.05) is 0 Å². The number of aromatic nitrogens is 2. The number of allylic oxidation sites excluding steroid dienone is 1. The van der Waals surface area contributed by atoms with Crippen molar-refractivity contribution < 1.29 is 27.8 Å². The first-order valence-corrected chi connectivity index (χ1v) is 13.8. The fraction of sp³-hybridized carbons (Fsp3) is 0.433. The highest BCUT2D eigenvalue weighted by Crippen LogP contribution is 2.35. The van der Waals surface area contributed by atoms with E-state index < -0.39 is 11.6 Å². The molecule has 11 heteroatoms. The highest BCUT2D eigenvalue weighted by Gasteiger charge is 2.39. The van der Waals surface area contributed by atoms with Gasteiger partial charge in [0.2, 0.25) is 0 Å². The van der Waals surface area contributed by atoms with Gasteiger partial charge in [-0.25, -0.2) is 18.7 Å². The van der Waals surface area contributed by atoms with Crippen molar-refractivity contribution >= 4 is 28.2 Å². The number of fused-ring (bicyclic) bond motifs is 2. The Morgan fingerprint density at radius 3 is 2.66 bits per heavy atom. The van der Waals surface area contributed by atoms with E-state index in [0.717, 1.165) is 12.8 Å². The van der Waals surface area contributed by atoms with E-state index in [4.69, 9.17) is 19.9 Å². The third kappa shape index (κ3) is 6.38. The van der Waals surface area contributed by atoms with Crippen molar-refractivity contribution in [1.82, 2.24) is 14.9 Å². The summed E-state index contributed by atoms with van der Waals surface area (Å²) in [5.74, 6) is -0.883. The van der Waals surface area contributed by atoms with Gasteiger partial charge in [0.05, 0.1) is 36.5 Å². The number of Topliss-reactive ketones (excluding diaryl/α,β-unsaturated/α-hetero) is 1. The summed E-state index contributed by atoms with van der Waals surface area (Å²) in [5.41, 5.74) is 8.05. The third-order valence-electron chi connectivity index (χ3n) is 7.83. The van der Waals surface area contributed by atoms with E-state index in [0.29, 0.717) is 65.6 Å². The van der Waals surface area contributed by atoms with Crippen LogP contribution in [0.3, 0.4) is 0 Å². The predicted octanol–water partition coefficient (Wildman–Crippen LogP) is 3.76. The molecule has 3 aliphatic rings. The lowest BCUT2D eigenvalue weighted by molar-refractivity contribution is -0.116. The molecule has 1 saturated carbocycles. The van der Waals surface area contributed by atoms with Gasteiger partial charge in [-0.2, -0.15) is 0 Å². The summed E-state index contributed by atoms with van der Waals surface area (Å²) in [6.45, 7) is 4.63. The first kappa shape index (κ1) is 27.6. The Balaban J connectivity index is 1.23. The second-order valence-electron chi connectivity index (χ2n) is 11.1. The Morgan fingerprint density at radius 1 is 1.20 bits per heavy atom. The SMILES string of the molecule is Cc1cc(Nc2ncnc3cc(OCC4(N)CC4)c(CC(=O)/C(F)=C\CN4C[C@@H]5OCCO[C@@H]5C4)cc23)ccc1F. The lowest BCUT2D eigenvalue weighted by atomic mass is 10.0. The molecule has 2 saturated heterocycles. The number of carbonyl (C=O) groups excluding carboxylic acids is 1. The summed E-state index contributed by atoms with van der Waals surface area (Å²) >= 11 is 0. The number of ketones is 1. The van der Waals surface area contributed by atoms with Crippen molar-refractivity contribution in [1.29, 1.82) is 0 Å². The molecule has 3 N–H and O–H groups in total. The number of ether oxygens (including phenoxy) is 3. The zero-order chi connectivity index (χ0) is 28.6. The first-order chi connectivity index (χ1) is 19.8. The number of hydrogen-bond donors (Lipinski definition) is 2. The van der Waals surface area contributed by atoms with Gasteiger partial charge in [0, 0.05) is 48.8 Å². The minimum absolute atomic E-state index is 0.0191. The van der Waals surface area contributed by atoms with E-state index in [2.05, 4.69) is 15.3 Å². The van der Waals surface area contributed by atoms with Gasteiger partial charge in [-0.05, 0) is 55.7 Å². The van der Waals surface area contributed by atoms with Crippen LogP contribution in [-0.2, 0) is 20.7 Å². The van der Waals surface area contributed by atoms with E-state index in [1.807, 2.05) is 4.90 Å². The molecule has 0 spiro atoms. The molecule has 0 unspecified atom stereocenters. The summed E-state index contributed by atoms with van der Waals surface area (Å²) in [6, 6.07) is 8.13. The molecule has 3 heterocycles. The Hall–Kier alpha value is -3.51. The summed E-state index contributed by atoms with van der Waals surface area (Å²) in [5, 5.41) is 3.82. The van der Waals surface area contributed by atoms with Crippen LogP contribution in [0, 0.1) is 12.7 Å². The van der Waals surface area contributed by atoms with E-state index in [1.165, 1.54) is 18.5 Å². The van der Waals surface area contributed by atoms with E-state index in [9.17, 15) is 9.18 Å². The van der Waals surface area contributed by atoms with Crippen LogP contribution in [0.15, 0.2) is 48.6 Å². The van der Waals surface area contributed by atoms with Crippen LogP contribution in [0.1, 0.15) is 24.0 Å². The minimum Gasteiger partial charge on any atom is -0.491 e.